The lowest BCUT2D eigenvalue weighted by atomic mass is 9.87. The molecule has 1 aromatic carbocycles. The van der Waals surface area contributed by atoms with Crippen molar-refractivity contribution in [1.29, 1.82) is 0 Å². The number of nitrogens with two attached hydrogens (primary N) is 1. The third kappa shape index (κ3) is 3.26. The van der Waals surface area contributed by atoms with Crippen LogP contribution >= 0.6 is 0 Å². The Bertz CT molecular complexity index is 435. The topological polar surface area (TPSA) is 38.5 Å². The molecule has 0 radical (unpaired) electrons. The van der Waals surface area contributed by atoms with Crippen LogP contribution in [0.5, 0.6) is 5.75 Å². The molecule has 3 nitrogen and oxygen atoms in total. The van der Waals surface area contributed by atoms with Crippen molar-refractivity contribution >= 4 is 5.69 Å². The molecule has 1 aliphatic rings. The summed E-state index contributed by atoms with van der Waals surface area (Å²) in [5, 5.41) is 0. The first-order valence-electron chi connectivity index (χ1n) is 7.81. The molecule has 3 heteroatoms. The molecule has 20 heavy (non-hydrogen) atoms. The van der Waals surface area contributed by atoms with Crippen LogP contribution in [-0.4, -0.2) is 24.7 Å². The molecule has 1 aliphatic heterocycles. The van der Waals surface area contributed by atoms with E-state index < -0.39 is 0 Å². The van der Waals surface area contributed by atoms with Crippen LogP contribution in [0.3, 0.4) is 0 Å². The van der Waals surface area contributed by atoms with E-state index in [2.05, 4.69) is 50.8 Å². The van der Waals surface area contributed by atoms with Gasteiger partial charge in [-0.1, -0.05) is 19.9 Å². The van der Waals surface area contributed by atoms with Crippen molar-refractivity contribution in [1.82, 2.24) is 0 Å². The summed E-state index contributed by atoms with van der Waals surface area (Å²) >= 11 is 0. The van der Waals surface area contributed by atoms with Crippen LogP contribution in [0, 0.1) is 5.92 Å². The highest BCUT2D eigenvalue weighted by Crippen LogP contribution is 2.30. The van der Waals surface area contributed by atoms with E-state index in [1.54, 1.807) is 0 Å². The van der Waals surface area contributed by atoms with Crippen molar-refractivity contribution in [3.05, 3.63) is 24.3 Å². The Balaban J connectivity index is 2.14. The van der Waals surface area contributed by atoms with Crippen molar-refractivity contribution in [3.63, 3.8) is 0 Å². The van der Waals surface area contributed by atoms with E-state index in [4.69, 9.17) is 10.5 Å². The zero-order valence-electron chi connectivity index (χ0n) is 13.2. The average Bonchev–Trinajstić information content (AvgIpc) is 2.45. The molecule has 0 spiro atoms. The molecule has 0 saturated carbocycles. The third-order valence-electron chi connectivity index (χ3n) is 4.69. The first kappa shape index (κ1) is 15.2. The molecule has 2 N–H and O–H groups in total. The monoisotopic (exact) mass is 276 g/mol. The van der Waals surface area contributed by atoms with E-state index in [1.165, 1.54) is 5.69 Å². The maximum Gasteiger partial charge on any atom is 0.121 e. The van der Waals surface area contributed by atoms with E-state index in [0.29, 0.717) is 18.0 Å². The smallest absolute Gasteiger partial charge is 0.121 e. The molecule has 4 unspecified atom stereocenters. The third-order valence-corrected chi connectivity index (χ3v) is 4.69. The van der Waals surface area contributed by atoms with Gasteiger partial charge in [-0.3, -0.25) is 0 Å². The molecule has 1 fully saturated rings. The molecular weight excluding hydrogens is 248 g/mol. The number of piperidine rings is 1. The first-order valence-corrected chi connectivity index (χ1v) is 7.81. The Morgan fingerprint density at radius 3 is 2.85 bits per heavy atom. The highest BCUT2D eigenvalue weighted by molar-refractivity contribution is 5.52. The van der Waals surface area contributed by atoms with Crippen LogP contribution in [0.1, 0.15) is 40.5 Å². The van der Waals surface area contributed by atoms with Gasteiger partial charge >= 0.3 is 0 Å². The normalized spacial score (nSPS) is 28.2. The SMILES string of the molecule is CCC(C)Oc1cccc(N2CCC(N)C(C)C2C)c1. The van der Waals surface area contributed by atoms with Gasteiger partial charge < -0.3 is 15.4 Å². The Labute approximate surface area is 123 Å². The first-order chi connectivity index (χ1) is 9.52. The lowest BCUT2D eigenvalue weighted by Gasteiger charge is -2.43. The minimum Gasteiger partial charge on any atom is -0.491 e. The van der Waals surface area contributed by atoms with Crippen LogP contribution in [-0.2, 0) is 0 Å². The lowest BCUT2D eigenvalue weighted by Crippen LogP contribution is -2.51. The van der Waals surface area contributed by atoms with Crippen molar-refractivity contribution in [2.24, 2.45) is 11.7 Å². The number of hydrogen-bond acceptors (Lipinski definition) is 3. The average molecular weight is 276 g/mol. The molecule has 0 bridgehead atoms. The molecule has 112 valence electrons. The molecule has 4 atom stereocenters. The predicted molar refractivity (Wildman–Crippen MR) is 85.4 cm³/mol. The summed E-state index contributed by atoms with van der Waals surface area (Å²) < 4.78 is 5.93. The van der Waals surface area contributed by atoms with Gasteiger partial charge in [-0.05, 0) is 44.7 Å². The molecule has 1 saturated heterocycles. The summed E-state index contributed by atoms with van der Waals surface area (Å²) in [6.45, 7) is 9.80. The Kier molecular flexibility index (Phi) is 4.92. The van der Waals surface area contributed by atoms with Gasteiger partial charge in [-0.2, -0.15) is 0 Å². The Morgan fingerprint density at radius 2 is 2.15 bits per heavy atom. The van der Waals surface area contributed by atoms with E-state index >= 15 is 0 Å². The molecule has 0 amide bonds. The Morgan fingerprint density at radius 1 is 1.40 bits per heavy atom. The molecule has 0 aliphatic carbocycles. The highest BCUT2D eigenvalue weighted by atomic mass is 16.5. The number of ether oxygens (including phenoxy) is 1. The fraction of sp³-hybridized carbons (Fsp3) is 0.647. The minimum absolute atomic E-state index is 0.261. The summed E-state index contributed by atoms with van der Waals surface area (Å²) in [5.41, 5.74) is 7.42. The summed E-state index contributed by atoms with van der Waals surface area (Å²) in [7, 11) is 0. The van der Waals surface area contributed by atoms with Gasteiger partial charge in [0.15, 0.2) is 0 Å². The Hall–Kier alpha value is -1.22. The highest BCUT2D eigenvalue weighted by Gasteiger charge is 2.30. The van der Waals surface area contributed by atoms with Gasteiger partial charge in [0.2, 0.25) is 0 Å². The van der Waals surface area contributed by atoms with Crippen molar-refractivity contribution in [3.8, 4) is 5.75 Å². The summed E-state index contributed by atoms with van der Waals surface area (Å²) in [5.74, 6) is 1.48. The van der Waals surface area contributed by atoms with Crippen molar-refractivity contribution < 1.29 is 4.74 Å². The molecule has 1 aromatic rings. The second-order valence-corrected chi connectivity index (χ2v) is 6.08. The molecule has 0 aromatic heterocycles. The summed E-state index contributed by atoms with van der Waals surface area (Å²) in [4.78, 5) is 2.46. The summed E-state index contributed by atoms with van der Waals surface area (Å²) in [6.07, 6.45) is 2.34. The maximum absolute atomic E-state index is 6.17. The van der Waals surface area contributed by atoms with Gasteiger partial charge in [0, 0.05) is 30.4 Å². The van der Waals surface area contributed by atoms with E-state index in [9.17, 15) is 0 Å². The van der Waals surface area contributed by atoms with Crippen LogP contribution < -0.4 is 15.4 Å². The van der Waals surface area contributed by atoms with Crippen LogP contribution in [0.2, 0.25) is 0 Å². The van der Waals surface area contributed by atoms with Gasteiger partial charge in [-0.15, -0.1) is 0 Å². The molecule has 1 heterocycles. The maximum atomic E-state index is 6.17. The summed E-state index contributed by atoms with van der Waals surface area (Å²) in [6, 6.07) is 9.24. The quantitative estimate of drug-likeness (QED) is 0.915. The predicted octanol–water partition coefficient (Wildman–Crippen LogP) is 3.43. The molecule has 2 rings (SSSR count). The van der Waals surface area contributed by atoms with Crippen LogP contribution in [0.4, 0.5) is 5.69 Å². The largest absolute Gasteiger partial charge is 0.491 e. The number of rotatable bonds is 4. The zero-order valence-corrected chi connectivity index (χ0v) is 13.2. The van der Waals surface area contributed by atoms with Gasteiger partial charge in [0.05, 0.1) is 6.10 Å². The van der Waals surface area contributed by atoms with Crippen molar-refractivity contribution in [2.75, 3.05) is 11.4 Å². The van der Waals surface area contributed by atoms with E-state index in [0.717, 1.165) is 25.1 Å². The molecular formula is C17H28N2O. The number of benzene rings is 1. The van der Waals surface area contributed by atoms with Crippen molar-refractivity contribution in [2.45, 2.75) is 58.7 Å². The number of anilines is 1. The van der Waals surface area contributed by atoms with Gasteiger partial charge in [-0.25, -0.2) is 0 Å². The fourth-order valence-corrected chi connectivity index (χ4v) is 2.81. The fourth-order valence-electron chi connectivity index (χ4n) is 2.81. The van der Waals surface area contributed by atoms with Gasteiger partial charge in [0.25, 0.3) is 0 Å². The second kappa shape index (κ2) is 6.49. The van der Waals surface area contributed by atoms with Gasteiger partial charge in [0.1, 0.15) is 5.75 Å². The number of nitrogens with zero attached hydrogens (tertiary/aromatic N) is 1. The minimum atomic E-state index is 0.261. The standard InChI is InChI=1S/C17H28N2O/c1-5-12(2)20-16-8-6-7-15(11-16)19-10-9-17(18)13(3)14(19)4/h6-8,11-14,17H,5,9-10,18H2,1-4H3. The zero-order chi connectivity index (χ0) is 14.7. The van der Waals surface area contributed by atoms with E-state index in [1.807, 2.05) is 6.07 Å². The number of hydrogen-bond donors (Lipinski definition) is 1. The lowest BCUT2D eigenvalue weighted by molar-refractivity contribution is 0.217. The van der Waals surface area contributed by atoms with E-state index in [-0.39, 0.29) is 6.10 Å². The van der Waals surface area contributed by atoms with Crippen LogP contribution in [0.15, 0.2) is 24.3 Å². The second-order valence-electron chi connectivity index (χ2n) is 6.08. The van der Waals surface area contributed by atoms with Crippen LogP contribution in [0.25, 0.3) is 0 Å².